The highest BCUT2D eigenvalue weighted by Crippen LogP contribution is 2.37. The van der Waals surface area contributed by atoms with Gasteiger partial charge < -0.3 is 14.2 Å². The van der Waals surface area contributed by atoms with Crippen molar-refractivity contribution in [3.8, 4) is 0 Å². The number of hydrogen-bond acceptors (Lipinski definition) is 5. The number of nitrogens with zero attached hydrogens (tertiary/aromatic N) is 3. The third-order valence-corrected chi connectivity index (χ3v) is 5.75. The smallest absolute Gasteiger partial charge is 0.399 e. The maximum absolute atomic E-state index is 6.66. The van der Waals surface area contributed by atoms with Crippen molar-refractivity contribution in [3.05, 3.63) is 23.4 Å². The number of anilines is 1. The summed E-state index contributed by atoms with van der Waals surface area (Å²) in [7, 11) is -0.499. The van der Waals surface area contributed by atoms with Crippen LogP contribution < -0.4 is 10.4 Å². The van der Waals surface area contributed by atoms with Crippen molar-refractivity contribution in [2.45, 2.75) is 45.3 Å². The first kappa shape index (κ1) is 16.1. The predicted octanol–water partition coefficient (Wildman–Crippen LogP) is 2.79. The van der Waals surface area contributed by atoms with Crippen LogP contribution in [0.25, 0.3) is 11.0 Å². The Bertz CT molecular complexity index is 792. The van der Waals surface area contributed by atoms with Crippen LogP contribution in [0, 0.1) is 0 Å². The zero-order chi connectivity index (χ0) is 17.1. The normalized spacial score (nSPS) is 22.0. The van der Waals surface area contributed by atoms with Gasteiger partial charge in [-0.25, -0.2) is 4.98 Å². The molecule has 2 fully saturated rings. The fourth-order valence-electron chi connectivity index (χ4n) is 2.90. The number of halogens is 1. The Labute approximate surface area is 147 Å². The lowest BCUT2D eigenvalue weighted by Crippen LogP contribution is -2.41. The number of aromatic nitrogens is 2. The van der Waals surface area contributed by atoms with Gasteiger partial charge in [-0.2, -0.15) is 0 Å². The molecular weight excluding hydrogens is 324 g/mol. The van der Waals surface area contributed by atoms with Crippen LogP contribution in [0.5, 0.6) is 0 Å². The van der Waals surface area contributed by atoms with Gasteiger partial charge in [-0.3, -0.25) is 4.98 Å². The van der Waals surface area contributed by atoms with Crippen molar-refractivity contribution >= 4 is 41.0 Å². The minimum absolute atomic E-state index is 0.402. The van der Waals surface area contributed by atoms with Gasteiger partial charge in [-0.1, -0.05) is 17.7 Å². The summed E-state index contributed by atoms with van der Waals surface area (Å²) in [4.78, 5) is 11.4. The van der Waals surface area contributed by atoms with Crippen LogP contribution in [0.2, 0.25) is 5.02 Å². The molecule has 2 aliphatic rings. The van der Waals surface area contributed by atoms with Crippen LogP contribution in [-0.4, -0.2) is 41.4 Å². The van der Waals surface area contributed by atoms with Crippen LogP contribution in [0.15, 0.2) is 18.3 Å². The summed E-state index contributed by atoms with van der Waals surface area (Å²) in [5.41, 5.74) is 1.48. The van der Waals surface area contributed by atoms with Crippen LogP contribution in [0.3, 0.4) is 0 Å². The number of rotatable bonds is 2. The highest BCUT2D eigenvalue weighted by Gasteiger charge is 2.52. The summed E-state index contributed by atoms with van der Waals surface area (Å²) < 4.78 is 12.2. The summed E-state index contributed by atoms with van der Waals surface area (Å²) in [6.45, 7) is 10.2. The molecule has 5 nitrogen and oxygen atoms in total. The van der Waals surface area contributed by atoms with E-state index in [1.165, 1.54) is 6.42 Å². The van der Waals surface area contributed by atoms with E-state index in [2.05, 4.69) is 9.88 Å². The molecule has 2 aromatic rings. The van der Waals surface area contributed by atoms with E-state index in [-0.39, 0.29) is 0 Å². The highest BCUT2D eigenvalue weighted by atomic mass is 35.5. The van der Waals surface area contributed by atoms with Crippen LogP contribution in [0.4, 0.5) is 5.82 Å². The first-order chi connectivity index (χ1) is 11.3. The first-order valence-corrected chi connectivity index (χ1v) is 8.72. The van der Waals surface area contributed by atoms with Crippen molar-refractivity contribution in [1.29, 1.82) is 0 Å². The fraction of sp³-hybridized carbons (Fsp3) is 0.529. The standard InChI is InChI=1S/C17H21BClN3O2/c1-16(2)17(3,4)24-18(23-16)11-6-7-12-15(14(11)19)21-13(10-20-12)22-8-5-9-22/h6-7,10H,5,8-9H2,1-4H3. The van der Waals surface area contributed by atoms with E-state index in [1.54, 1.807) is 0 Å². The molecule has 2 saturated heterocycles. The SMILES string of the molecule is CC1(C)OB(c2ccc3ncc(N4CCC4)nc3c2Cl)OC1(C)C. The Hall–Kier alpha value is -1.37. The number of benzene rings is 1. The Balaban J connectivity index is 1.75. The van der Waals surface area contributed by atoms with Crippen molar-refractivity contribution in [1.82, 2.24) is 9.97 Å². The molecule has 7 heteroatoms. The van der Waals surface area contributed by atoms with Gasteiger partial charge in [-0.05, 0) is 40.2 Å². The van der Waals surface area contributed by atoms with Gasteiger partial charge in [0.25, 0.3) is 0 Å². The average molecular weight is 346 g/mol. The van der Waals surface area contributed by atoms with Crippen LogP contribution in [0.1, 0.15) is 34.1 Å². The van der Waals surface area contributed by atoms with Gasteiger partial charge in [0.05, 0.1) is 27.9 Å². The summed E-state index contributed by atoms with van der Waals surface area (Å²) in [6, 6.07) is 3.85. The molecule has 24 heavy (non-hydrogen) atoms. The van der Waals surface area contributed by atoms with Gasteiger partial charge in [0.15, 0.2) is 0 Å². The Kier molecular flexibility index (Phi) is 3.57. The second-order valence-corrected chi connectivity index (χ2v) is 7.87. The van der Waals surface area contributed by atoms with Gasteiger partial charge in [0.2, 0.25) is 0 Å². The van der Waals surface area contributed by atoms with E-state index in [0.29, 0.717) is 10.5 Å². The van der Waals surface area contributed by atoms with E-state index in [9.17, 15) is 0 Å². The maximum Gasteiger partial charge on any atom is 0.496 e. The van der Waals surface area contributed by atoms with E-state index in [1.807, 2.05) is 46.0 Å². The molecule has 0 bridgehead atoms. The molecule has 3 heterocycles. The fourth-order valence-corrected chi connectivity index (χ4v) is 3.19. The average Bonchev–Trinajstić information content (AvgIpc) is 2.66. The maximum atomic E-state index is 6.66. The molecule has 0 saturated carbocycles. The summed E-state index contributed by atoms with van der Waals surface area (Å²) >= 11 is 6.66. The Morgan fingerprint density at radius 2 is 1.79 bits per heavy atom. The molecular formula is C17H21BClN3O2. The molecule has 126 valence electrons. The first-order valence-electron chi connectivity index (χ1n) is 8.34. The van der Waals surface area contributed by atoms with Crippen molar-refractivity contribution in [2.75, 3.05) is 18.0 Å². The molecule has 0 N–H and O–H groups in total. The minimum Gasteiger partial charge on any atom is -0.399 e. The molecule has 4 rings (SSSR count). The molecule has 0 spiro atoms. The Morgan fingerprint density at radius 1 is 1.12 bits per heavy atom. The summed E-state index contributed by atoms with van der Waals surface area (Å²) in [5.74, 6) is 0.877. The molecule has 1 aromatic heterocycles. The zero-order valence-corrected chi connectivity index (χ0v) is 15.2. The lowest BCUT2D eigenvalue weighted by atomic mass is 9.79. The summed E-state index contributed by atoms with van der Waals surface area (Å²) in [5, 5.41) is 0.556. The molecule has 0 unspecified atom stereocenters. The second kappa shape index (κ2) is 5.31. The van der Waals surface area contributed by atoms with Crippen molar-refractivity contribution in [2.24, 2.45) is 0 Å². The lowest BCUT2D eigenvalue weighted by Gasteiger charge is -2.32. The largest absolute Gasteiger partial charge is 0.496 e. The monoisotopic (exact) mass is 345 g/mol. The summed E-state index contributed by atoms with van der Waals surface area (Å²) in [6.07, 6.45) is 3.01. The van der Waals surface area contributed by atoms with Crippen LogP contribution in [-0.2, 0) is 9.31 Å². The zero-order valence-electron chi connectivity index (χ0n) is 14.5. The highest BCUT2D eigenvalue weighted by molar-refractivity contribution is 6.66. The number of fused-ring (bicyclic) bond motifs is 1. The van der Waals surface area contributed by atoms with Gasteiger partial charge in [-0.15, -0.1) is 0 Å². The topological polar surface area (TPSA) is 47.5 Å². The van der Waals surface area contributed by atoms with E-state index < -0.39 is 18.3 Å². The van der Waals surface area contributed by atoms with Crippen molar-refractivity contribution < 1.29 is 9.31 Å². The second-order valence-electron chi connectivity index (χ2n) is 7.49. The van der Waals surface area contributed by atoms with Gasteiger partial charge in [0, 0.05) is 18.6 Å². The number of hydrogen-bond donors (Lipinski definition) is 0. The third kappa shape index (κ3) is 2.39. The van der Waals surface area contributed by atoms with Crippen LogP contribution >= 0.6 is 11.6 Å². The molecule has 0 radical (unpaired) electrons. The van der Waals surface area contributed by atoms with Gasteiger partial charge >= 0.3 is 7.12 Å². The molecule has 0 aliphatic carbocycles. The quantitative estimate of drug-likeness (QED) is 0.783. The van der Waals surface area contributed by atoms with E-state index in [4.69, 9.17) is 25.9 Å². The molecule has 0 atom stereocenters. The minimum atomic E-state index is -0.499. The van der Waals surface area contributed by atoms with E-state index in [0.717, 1.165) is 29.9 Å². The van der Waals surface area contributed by atoms with Gasteiger partial charge in [0.1, 0.15) is 11.3 Å². The van der Waals surface area contributed by atoms with Crippen molar-refractivity contribution in [3.63, 3.8) is 0 Å². The van der Waals surface area contributed by atoms with E-state index >= 15 is 0 Å². The molecule has 0 amide bonds. The third-order valence-electron chi connectivity index (χ3n) is 5.36. The predicted molar refractivity (Wildman–Crippen MR) is 97.1 cm³/mol. The lowest BCUT2D eigenvalue weighted by molar-refractivity contribution is 0.00578. The molecule has 1 aromatic carbocycles. The molecule has 2 aliphatic heterocycles. The Morgan fingerprint density at radius 3 is 2.38 bits per heavy atom.